The van der Waals surface area contributed by atoms with Crippen LogP contribution in [-0.2, 0) is 22.6 Å². The highest BCUT2D eigenvalue weighted by Gasteiger charge is 2.32. The summed E-state index contributed by atoms with van der Waals surface area (Å²) in [5, 5.41) is 13.5. The SMILES string of the molecule is Cc1nc(N2CCN(CC(=O)Nc3ccc(Cl)cc3)CC2)c(C#N)c2c1COC(C)(C)C2. The molecule has 1 N–H and O–H groups in total. The lowest BCUT2D eigenvalue weighted by Crippen LogP contribution is -2.49. The van der Waals surface area contributed by atoms with Crippen LogP contribution in [0.15, 0.2) is 24.3 Å². The first kappa shape index (κ1) is 22.5. The van der Waals surface area contributed by atoms with E-state index >= 15 is 0 Å². The number of hydrogen-bond donors (Lipinski definition) is 1. The number of anilines is 2. The number of benzene rings is 1. The molecule has 0 spiro atoms. The summed E-state index contributed by atoms with van der Waals surface area (Å²) in [7, 11) is 0. The molecule has 1 aromatic heterocycles. The zero-order valence-corrected chi connectivity index (χ0v) is 19.5. The Labute approximate surface area is 193 Å². The van der Waals surface area contributed by atoms with Crippen LogP contribution >= 0.6 is 11.6 Å². The molecule has 32 heavy (non-hydrogen) atoms. The fourth-order valence-electron chi connectivity index (χ4n) is 4.32. The number of rotatable bonds is 4. The molecule has 2 aliphatic rings. The lowest BCUT2D eigenvalue weighted by atomic mass is 9.88. The predicted molar refractivity (Wildman–Crippen MR) is 125 cm³/mol. The number of carbonyl (C=O) groups excluding carboxylic acids is 1. The average molecular weight is 454 g/mol. The van der Waals surface area contributed by atoms with Crippen molar-refractivity contribution in [3.8, 4) is 6.07 Å². The quantitative estimate of drug-likeness (QED) is 0.762. The molecule has 3 heterocycles. The third-order valence-electron chi connectivity index (χ3n) is 6.09. The molecule has 0 aliphatic carbocycles. The third kappa shape index (κ3) is 4.88. The summed E-state index contributed by atoms with van der Waals surface area (Å²) in [5.41, 5.74) is 4.14. The summed E-state index contributed by atoms with van der Waals surface area (Å²) in [6, 6.07) is 9.50. The van der Waals surface area contributed by atoms with E-state index in [1.54, 1.807) is 24.3 Å². The number of aromatic nitrogens is 1. The number of halogens is 1. The van der Waals surface area contributed by atoms with Gasteiger partial charge >= 0.3 is 0 Å². The van der Waals surface area contributed by atoms with Crippen molar-refractivity contribution in [1.29, 1.82) is 5.26 Å². The minimum Gasteiger partial charge on any atom is -0.370 e. The van der Waals surface area contributed by atoms with Crippen molar-refractivity contribution >= 4 is 29.0 Å². The van der Waals surface area contributed by atoms with Crippen LogP contribution < -0.4 is 10.2 Å². The van der Waals surface area contributed by atoms with Gasteiger partial charge in [-0.3, -0.25) is 9.69 Å². The van der Waals surface area contributed by atoms with Gasteiger partial charge in [0.2, 0.25) is 5.91 Å². The molecule has 0 saturated carbocycles. The minimum atomic E-state index is -0.292. The number of aryl methyl sites for hydroxylation is 1. The maximum absolute atomic E-state index is 12.4. The molecule has 7 nitrogen and oxygen atoms in total. The average Bonchev–Trinajstić information content (AvgIpc) is 2.75. The summed E-state index contributed by atoms with van der Waals surface area (Å²) in [6.07, 6.45) is 0.701. The maximum atomic E-state index is 12.4. The highest BCUT2D eigenvalue weighted by atomic mass is 35.5. The summed E-state index contributed by atoms with van der Waals surface area (Å²) < 4.78 is 5.94. The van der Waals surface area contributed by atoms with Gasteiger partial charge in [-0.05, 0) is 50.6 Å². The van der Waals surface area contributed by atoms with Crippen LogP contribution in [0.5, 0.6) is 0 Å². The highest BCUT2D eigenvalue weighted by Crippen LogP contribution is 2.35. The van der Waals surface area contributed by atoms with Gasteiger partial charge in [0.15, 0.2) is 0 Å². The fraction of sp³-hybridized carbons (Fsp3) is 0.458. The van der Waals surface area contributed by atoms with Gasteiger partial charge in [-0.1, -0.05) is 11.6 Å². The van der Waals surface area contributed by atoms with E-state index in [0.717, 1.165) is 41.4 Å². The van der Waals surface area contributed by atoms with Gasteiger partial charge < -0.3 is 15.0 Å². The lowest BCUT2D eigenvalue weighted by molar-refractivity contribution is -0.117. The van der Waals surface area contributed by atoms with Crippen LogP contribution in [0.4, 0.5) is 11.5 Å². The standard InChI is InChI=1S/C24H28ClN5O2/c1-16-21-15-32-24(2,3)12-19(21)20(13-26)23(27-16)30-10-8-29(9-11-30)14-22(31)28-18-6-4-17(25)5-7-18/h4-7H,8-12,14-15H2,1-3H3,(H,28,31). The number of hydrogen-bond acceptors (Lipinski definition) is 6. The van der Waals surface area contributed by atoms with Gasteiger partial charge in [-0.15, -0.1) is 0 Å². The van der Waals surface area contributed by atoms with Crippen molar-refractivity contribution in [1.82, 2.24) is 9.88 Å². The zero-order chi connectivity index (χ0) is 22.9. The topological polar surface area (TPSA) is 81.5 Å². The summed E-state index contributed by atoms with van der Waals surface area (Å²) in [4.78, 5) is 21.5. The number of carbonyl (C=O) groups is 1. The van der Waals surface area contributed by atoms with E-state index in [1.807, 2.05) is 6.92 Å². The Morgan fingerprint density at radius 3 is 2.56 bits per heavy atom. The predicted octanol–water partition coefficient (Wildman–Crippen LogP) is 3.53. The van der Waals surface area contributed by atoms with Gasteiger partial charge in [0.25, 0.3) is 0 Å². The molecule has 168 valence electrons. The number of nitrogens with zero attached hydrogens (tertiary/aromatic N) is 4. The zero-order valence-electron chi connectivity index (χ0n) is 18.7. The Morgan fingerprint density at radius 2 is 1.91 bits per heavy atom. The Morgan fingerprint density at radius 1 is 1.22 bits per heavy atom. The smallest absolute Gasteiger partial charge is 0.238 e. The molecule has 1 amide bonds. The molecular formula is C24H28ClN5O2. The summed E-state index contributed by atoms with van der Waals surface area (Å²) in [6.45, 7) is 9.80. The fourth-order valence-corrected chi connectivity index (χ4v) is 4.44. The normalized spacial score (nSPS) is 18.0. The Hall–Kier alpha value is -2.66. The first-order chi connectivity index (χ1) is 15.3. The van der Waals surface area contributed by atoms with Crippen LogP contribution in [0, 0.1) is 18.3 Å². The number of amides is 1. The van der Waals surface area contributed by atoms with Crippen molar-refractivity contribution < 1.29 is 9.53 Å². The molecule has 0 bridgehead atoms. The van der Waals surface area contributed by atoms with E-state index in [0.29, 0.717) is 43.2 Å². The minimum absolute atomic E-state index is 0.0523. The van der Waals surface area contributed by atoms with Crippen molar-refractivity contribution in [2.24, 2.45) is 0 Å². The lowest BCUT2D eigenvalue weighted by Gasteiger charge is -2.37. The van der Waals surface area contributed by atoms with Crippen molar-refractivity contribution in [3.63, 3.8) is 0 Å². The van der Waals surface area contributed by atoms with E-state index in [2.05, 4.69) is 35.0 Å². The Bertz CT molecular complexity index is 1050. The molecule has 0 radical (unpaired) electrons. The molecule has 1 aromatic carbocycles. The first-order valence-electron chi connectivity index (χ1n) is 10.8. The molecule has 1 fully saturated rings. The number of fused-ring (bicyclic) bond motifs is 1. The number of ether oxygens (including phenoxy) is 1. The van der Waals surface area contributed by atoms with Crippen LogP contribution in [-0.4, -0.2) is 54.1 Å². The van der Waals surface area contributed by atoms with Gasteiger partial charge in [0, 0.05) is 54.6 Å². The number of nitrogens with one attached hydrogen (secondary N) is 1. The second-order valence-corrected chi connectivity index (χ2v) is 9.44. The van der Waals surface area contributed by atoms with Crippen molar-refractivity contribution in [2.75, 3.05) is 42.9 Å². The molecule has 2 aromatic rings. The maximum Gasteiger partial charge on any atom is 0.238 e. The largest absolute Gasteiger partial charge is 0.370 e. The van der Waals surface area contributed by atoms with E-state index in [4.69, 9.17) is 21.3 Å². The monoisotopic (exact) mass is 453 g/mol. The first-order valence-corrected chi connectivity index (χ1v) is 11.2. The van der Waals surface area contributed by atoms with Crippen LogP contribution in [0.2, 0.25) is 5.02 Å². The molecule has 8 heteroatoms. The van der Waals surface area contributed by atoms with Gasteiger partial charge in [0.1, 0.15) is 11.9 Å². The molecule has 1 saturated heterocycles. The van der Waals surface area contributed by atoms with Gasteiger partial charge in [0.05, 0.1) is 24.3 Å². The van der Waals surface area contributed by atoms with E-state index in [1.165, 1.54) is 0 Å². The van der Waals surface area contributed by atoms with E-state index < -0.39 is 0 Å². The van der Waals surface area contributed by atoms with Crippen LogP contribution in [0.25, 0.3) is 0 Å². The van der Waals surface area contributed by atoms with Crippen molar-refractivity contribution in [3.05, 3.63) is 51.7 Å². The van der Waals surface area contributed by atoms with E-state index in [-0.39, 0.29) is 11.5 Å². The third-order valence-corrected chi connectivity index (χ3v) is 6.34. The summed E-state index contributed by atoms with van der Waals surface area (Å²) >= 11 is 5.90. The number of piperazine rings is 1. The molecule has 4 rings (SSSR count). The van der Waals surface area contributed by atoms with Crippen LogP contribution in [0.1, 0.15) is 36.2 Å². The highest BCUT2D eigenvalue weighted by molar-refractivity contribution is 6.30. The summed E-state index contributed by atoms with van der Waals surface area (Å²) in [5.74, 6) is 0.704. The second kappa shape index (κ2) is 9.07. The number of pyridine rings is 1. The second-order valence-electron chi connectivity index (χ2n) is 9.01. The van der Waals surface area contributed by atoms with Gasteiger partial charge in [-0.2, -0.15) is 5.26 Å². The van der Waals surface area contributed by atoms with Crippen LogP contribution in [0.3, 0.4) is 0 Å². The Kier molecular flexibility index (Phi) is 6.38. The molecule has 0 unspecified atom stereocenters. The molecule has 0 atom stereocenters. The van der Waals surface area contributed by atoms with Crippen molar-refractivity contribution in [2.45, 2.75) is 39.4 Å². The van der Waals surface area contributed by atoms with Gasteiger partial charge in [-0.25, -0.2) is 4.98 Å². The molecular weight excluding hydrogens is 426 g/mol. The Balaban J connectivity index is 1.42. The van der Waals surface area contributed by atoms with E-state index in [9.17, 15) is 10.1 Å². The number of nitriles is 1. The molecule has 2 aliphatic heterocycles.